The Labute approximate surface area is 418 Å². The molecule has 5 aliphatic heterocycles. The average Bonchev–Trinajstić information content (AvgIpc) is 3.34. The van der Waals surface area contributed by atoms with E-state index in [0.717, 1.165) is 57.8 Å². The van der Waals surface area contributed by atoms with E-state index in [0.29, 0.717) is 32.1 Å². The number of aliphatic hydroxyl groups excluding tert-OH is 7. The number of hydrogen-bond donors (Lipinski definition) is 7. The summed E-state index contributed by atoms with van der Waals surface area (Å²) in [7, 11) is 0. The van der Waals surface area contributed by atoms with Crippen LogP contribution in [0.1, 0.15) is 152 Å². The average molecular weight is 1020 g/mol. The summed E-state index contributed by atoms with van der Waals surface area (Å²) in [5, 5.41) is 78.2. The van der Waals surface area contributed by atoms with Gasteiger partial charge in [-0.3, -0.25) is 14.4 Å². The Kier molecular flexibility index (Phi) is 24.1. The van der Waals surface area contributed by atoms with Gasteiger partial charge in [0.2, 0.25) is 0 Å². The Balaban J connectivity index is 1.63. The number of unbranched alkanes of at least 4 members (excludes halogenated alkanes) is 2. The fourth-order valence-electron chi connectivity index (χ4n) is 9.46. The maximum atomic E-state index is 13.9. The molecule has 1 unspecified atom stereocenters. The Morgan fingerprint density at radius 1 is 0.577 bits per heavy atom. The molecule has 21 nitrogen and oxygen atoms in total. The van der Waals surface area contributed by atoms with Crippen LogP contribution < -0.4 is 0 Å². The van der Waals surface area contributed by atoms with Crippen molar-refractivity contribution in [1.82, 2.24) is 0 Å². The third kappa shape index (κ3) is 15.7. The van der Waals surface area contributed by atoms with Crippen LogP contribution in [0, 0.1) is 11.8 Å². The lowest BCUT2D eigenvalue weighted by molar-refractivity contribution is -0.400. The molecular formula is C50H86O21. The predicted molar refractivity (Wildman–Crippen MR) is 249 cm³/mol. The van der Waals surface area contributed by atoms with Gasteiger partial charge in [-0.2, -0.15) is 0 Å². The van der Waals surface area contributed by atoms with Gasteiger partial charge in [0.1, 0.15) is 54.9 Å². The lowest BCUT2D eigenvalue weighted by atomic mass is 9.95. The van der Waals surface area contributed by atoms with Crippen LogP contribution in [-0.4, -0.2) is 189 Å². The third-order valence-electron chi connectivity index (χ3n) is 14.7. The maximum Gasteiger partial charge on any atom is 0.309 e. The van der Waals surface area contributed by atoms with E-state index >= 15 is 0 Å². The highest BCUT2D eigenvalue weighted by molar-refractivity contribution is 5.73. The monoisotopic (exact) mass is 1020 g/mol. The van der Waals surface area contributed by atoms with Gasteiger partial charge in [-0.05, 0) is 52.9 Å². The zero-order valence-corrected chi connectivity index (χ0v) is 42.9. The number of ether oxygens (including phenoxy) is 11. The molecule has 412 valence electrons. The normalized spacial score (nSPS) is 42.2. The summed E-state index contributed by atoms with van der Waals surface area (Å²) < 4.78 is 69.4. The third-order valence-corrected chi connectivity index (χ3v) is 14.7. The fourth-order valence-corrected chi connectivity index (χ4v) is 9.46. The van der Waals surface area contributed by atoms with Crippen molar-refractivity contribution in [2.75, 3.05) is 6.61 Å². The minimum atomic E-state index is -1.86. The van der Waals surface area contributed by atoms with Gasteiger partial charge in [0.05, 0.1) is 42.9 Å². The standard InChI is InChI=1S/C50H86O21/c1-9-12-18-21-30-22-19-16-14-13-15-17-20-23-32(52)66-40-35(55)31(24-51)65-50(69-41-37(57)34(54)28(7)62-48(41)64-30)43(40)71-49-44(68-46(60)26(5)11-3)42(39(29(8)63-49)67-45(59)25(4)10-2)70-47-38(58)36(56)33(53)27(6)61-47/h25-31,33-44,47-51,53-58H,9-24H2,1-8H3/t25-,26-,27-,28+,29-,30-,31+,33-,34-,35+,36+,37-,38+,39-,40-,41+,42+,43?,44+,47-,48-,49-,50-/m0/s1. The lowest BCUT2D eigenvalue weighted by Gasteiger charge is -2.50. The van der Waals surface area contributed by atoms with Crippen LogP contribution in [0.25, 0.3) is 0 Å². The number of esters is 3. The second-order valence-corrected chi connectivity index (χ2v) is 20.2. The molecule has 5 rings (SSSR count). The molecule has 5 fully saturated rings. The van der Waals surface area contributed by atoms with Crippen LogP contribution >= 0.6 is 0 Å². The molecule has 2 bridgehead atoms. The zero-order chi connectivity index (χ0) is 52.1. The Morgan fingerprint density at radius 2 is 1.15 bits per heavy atom. The Bertz CT molecular complexity index is 1610. The quantitative estimate of drug-likeness (QED) is 0.0705. The molecular weight excluding hydrogens is 937 g/mol. The summed E-state index contributed by atoms with van der Waals surface area (Å²) in [5.41, 5.74) is 0. The van der Waals surface area contributed by atoms with E-state index in [2.05, 4.69) is 6.92 Å². The van der Waals surface area contributed by atoms with Gasteiger partial charge in [-0.25, -0.2) is 0 Å². The van der Waals surface area contributed by atoms with Crippen LogP contribution in [-0.2, 0) is 66.5 Å². The number of carbonyl (C=O) groups is 3. The molecule has 21 heteroatoms. The first kappa shape index (κ1) is 59.7. The number of fused-ring (bicyclic) bond motifs is 3. The highest BCUT2D eigenvalue weighted by Gasteiger charge is 2.58. The first-order valence-corrected chi connectivity index (χ1v) is 26.4. The molecule has 0 spiro atoms. The molecule has 0 amide bonds. The molecule has 23 atom stereocenters. The molecule has 5 saturated heterocycles. The Morgan fingerprint density at radius 3 is 1.79 bits per heavy atom. The number of rotatable bonds is 15. The van der Waals surface area contributed by atoms with Crippen molar-refractivity contribution in [2.24, 2.45) is 11.8 Å². The van der Waals surface area contributed by atoms with Crippen molar-refractivity contribution in [3.63, 3.8) is 0 Å². The van der Waals surface area contributed by atoms with Crippen LogP contribution in [0.2, 0.25) is 0 Å². The van der Waals surface area contributed by atoms with Gasteiger partial charge >= 0.3 is 17.9 Å². The minimum absolute atomic E-state index is 0.0470. The molecule has 0 saturated carbocycles. The smallest absolute Gasteiger partial charge is 0.309 e. The number of aliphatic hydroxyl groups is 7. The summed E-state index contributed by atoms with van der Waals surface area (Å²) in [6, 6.07) is 0. The van der Waals surface area contributed by atoms with Crippen LogP contribution in [0.3, 0.4) is 0 Å². The van der Waals surface area contributed by atoms with Crippen molar-refractivity contribution in [1.29, 1.82) is 0 Å². The molecule has 5 aliphatic rings. The van der Waals surface area contributed by atoms with Gasteiger partial charge in [0.15, 0.2) is 49.6 Å². The summed E-state index contributed by atoms with van der Waals surface area (Å²) in [4.78, 5) is 41.3. The van der Waals surface area contributed by atoms with Crippen LogP contribution in [0.4, 0.5) is 0 Å². The first-order valence-electron chi connectivity index (χ1n) is 26.4. The minimum Gasteiger partial charge on any atom is -0.456 e. The van der Waals surface area contributed by atoms with Crippen LogP contribution in [0.5, 0.6) is 0 Å². The van der Waals surface area contributed by atoms with Gasteiger partial charge in [-0.15, -0.1) is 0 Å². The second kappa shape index (κ2) is 28.6. The topological polar surface area (TPSA) is 294 Å². The zero-order valence-electron chi connectivity index (χ0n) is 42.9. The number of carbonyl (C=O) groups excluding carboxylic acids is 3. The van der Waals surface area contributed by atoms with E-state index in [1.165, 1.54) is 13.8 Å². The van der Waals surface area contributed by atoms with E-state index in [9.17, 15) is 50.1 Å². The lowest BCUT2D eigenvalue weighted by Crippen LogP contribution is -2.68. The Hall–Kier alpha value is -2.19. The summed E-state index contributed by atoms with van der Waals surface area (Å²) in [5.74, 6) is -3.52. The van der Waals surface area contributed by atoms with Crippen molar-refractivity contribution in [3.05, 3.63) is 0 Å². The fraction of sp³-hybridized carbons (Fsp3) is 0.940. The van der Waals surface area contributed by atoms with E-state index in [4.69, 9.17) is 52.1 Å². The highest BCUT2D eigenvalue weighted by Crippen LogP contribution is 2.39. The molecule has 7 N–H and O–H groups in total. The van der Waals surface area contributed by atoms with Gasteiger partial charge < -0.3 is 87.9 Å². The van der Waals surface area contributed by atoms with E-state index in [1.54, 1.807) is 34.6 Å². The van der Waals surface area contributed by atoms with E-state index < -0.39 is 159 Å². The van der Waals surface area contributed by atoms with Gasteiger partial charge in [0, 0.05) is 6.42 Å². The van der Waals surface area contributed by atoms with Crippen molar-refractivity contribution >= 4 is 17.9 Å². The molecule has 71 heavy (non-hydrogen) atoms. The first-order chi connectivity index (χ1) is 33.8. The molecule has 0 aromatic carbocycles. The largest absolute Gasteiger partial charge is 0.456 e. The van der Waals surface area contributed by atoms with Crippen molar-refractivity contribution in [3.8, 4) is 0 Å². The van der Waals surface area contributed by atoms with E-state index in [1.807, 2.05) is 0 Å². The maximum absolute atomic E-state index is 13.9. The predicted octanol–water partition coefficient (Wildman–Crippen LogP) is 2.58. The number of hydrogen-bond acceptors (Lipinski definition) is 21. The van der Waals surface area contributed by atoms with Crippen LogP contribution in [0.15, 0.2) is 0 Å². The molecule has 0 radical (unpaired) electrons. The summed E-state index contributed by atoms with van der Waals surface area (Å²) >= 11 is 0. The molecule has 0 aromatic rings. The van der Waals surface area contributed by atoms with Crippen molar-refractivity contribution < 1.29 is 102 Å². The molecule has 0 aromatic heterocycles. The SMILES string of the molecule is CCCCC[C@H]1CCCCCCCCCC(=O)O[C@@H]2C(O[C@@H]3O[C@@H](C)[C@H](OC(=O)[C@@H](C)CC)[C@@H](O[C@@H]4O[C@@H](C)[C@H](O)[C@@H](O)[C@H]4O)[C@H]3OC(=O)[C@@H](C)CC)[C@H](O[C@H]3[C@H](O1)O[C@H](C)[C@H](O)[C@@H]3O)O[C@H](CO)[C@H]2O. The highest BCUT2D eigenvalue weighted by atomic mass is 16.8. The summed E-state index contributed by atoms with van der Waals surface area (Å²) in [6.07, 6.45) is -20.8. The van der Waals surface area contributed by atoms with Crippen molar-refractivity contribution in [2.45, 2.75) is 281 Å². The summed E-state index contributed by atoms with van der Waals surface area (Å²) in [6.45, 7) is 12.6. The molecule has 0 aliphatic carbocycles. The van der Waals surface area contributed by atoms with Gasteiger partial charge in [-0.1, -0.05) is 92.4 Å². The molecule has 5 heterocycles. The second-order valence-electron chi connectivity index (χ2n) is 20.2. The van der Waals surface area contributed by atoms with E-state index in [-0.39, 0.29) is 12.5 Å². The van der Waals surface area contributed by atoms with Gasteiger partial charge in [0.25, 0.3) is 0 Å².